The first-order valence-corrected chi connectivity index (χ1v) is 5.58. The summed E-state index contributed by atoms with van der Waals surface area (Å²) in [5, 5.41) is 0. The lowest BCUT2D eigenvalue weighted by Gasteiger charge is -2.21. The zero-order chi connectivity index (χ0) is 11.5. The topological polar surface area (TPSA) is 29.3 Å². The van der Waals surface area contributed by atoms with Crippen molar-refractivity contribution in [3.05, 3.63) is 35.4 Å². The number of nitrogens with zero attached hydrogens (tertiary/aromatic N) is 1. The van der Waals surface area contributed by atoms with Crippen LogP contribution in [0.4, 0.5) is 8.78 Å². The van der Waals surface area contributed by atoms with Crippen LogP contribution in [0, 0.1) is 11.6 Å². The average Bonchev–Trinajstić information content (AvgIpc) is 3.04. The Bertz CT molecular complexity index is 364. The van der Waals surface area contributed by atoms with Gasteiger partial charge in [0.15, 0.2) is 0 Å². The van der Waals surface area contributed by atoms with Crippen LogP contribution in [-0.4, -0.2) is 24.0 Å². The number of hydrogen-bond acceptors (Lipinski definition) is 2. The van der Waals surface area contributed by atoms with E-state index in [9.17, 15) is 8.78 Å². The van der Waals surface area contributed by atoms with E-state index in [0.29, 0.717) is 24.7 Å². The van der Waals surface area contributed by atoms with Gasteiger partial charge in [0.1, 0.15) is 11.6 Å². The molecule has 0 saturated heterocycles. The predicted molar refractivity (Wildman–Crippen MR) is 58.8 cm³/mol. The van der Waals surface area contributed by atoms with Gasteiger partial charge in [-0.25, -0.2) is 8.78 Å². The fourth-order valence-electron chi connectivity index (χ4n) is 1.86. The van der Waals surface area contributed by atoms with Gasteiger partial charge in [0.05, 0.1) is 0 Å². The zero-order valence-electron chi connectivity index (χ0n) is 9.13. The van der Waals surface area contributed by atoms with Gasteiger partial charge >= 0.3 is 0 Å². The maximum atomic E-state index is 13.4. The van der Waals surface area contributed by atoms with E-state index in [1.807, 2.05) is 0 Å². The Labute approximate surface area is 94.0 Å². The fourth-order valence-corrected chi connectivity index (χ4v) is 1.86. The second-order valence-corrected chi connectivity index (χ2v) is 4.23. The maximum Gasteiger partial charge on any atom is 0.130 e. The maximum absolute atomic E-state index is 13.4. The van der Waals surface area contributed by atoms with E-state index in [4.69, 9.17) is 5.73 Å². The van der Waals surface area contributed by atoms with Gasteiger partial charge in [0.2, 0.25) is 0 Å². The number of hydrogen-bond donors (Lipinski definition) is 1. The molecule has 16 heavy (non-hydrogen) atoms. The van der Waals surface area contributed by atoms with Gasteiger partial charge in [-0.05, 0) is 18.9 Å². The number of halogens is 2. The van der Waals surface area contributed by atoms with Crippen LogP contribution in [0.2, 0.25) is 0 Å². The summed E-state index contributed by atoms with van der Waals surface area (Å²) in [6.45, 7) is 1.86. The highest BCUT2D eigenvalue weighted by molar-refractivity contribution is 5.18. The molecule has 0 unspecified atom stereocenters. The second kappa shape index (κ2) is 4.89. The summed E-state index contributed by atoms with van der Waals surface area (Å²) in [5.74, 6) is -0.999. The van der Waals surface area contributed by atoms with Gasteiger partial charge in [-0.2, -0.15) is 0 Å². The predicted octanol–water partition coefficient (Wildman–Crippen LogP) is 1.89. The first-order chi connectivity index (χ1) is 7.70. The molecule has 1 aliphatic carbocycles. The highest BCUT2D eigenvalue weighted by Crippen LogP contribution is 2.28. The van der Waals surface area contributed by atoms with E-state index >= 15 is 0 Å². The Balaban J connectivity index is 2.05. The average molecular weight is 226 g/mol. The third-order valence-corrected chi connectivity index (χ3v) is 2.87. The molecule has 88 valence electrons. The molecule has 2 N–H and O–H groups in total. The monoisotopic (exact) mass is 226 g/mol. The van der Waals surface area contributed by atoms with Gasteiger partial charge in [0.25, 0.3) is 0 Å². The molecule has 2 rings (SSSR count). The Morgan fingerprint density at radius 1 is 1.31 bits per heavy atom. The normalized spacial score (nSPS) is 15.8. The van der Waals surface area contributed by atoms with Crippen molar-refractivity contribution >= 4 is 0 Å². The van der Waals surface area contributed by atoms with Gasteiger partial charge < -0.3 is 5.73 Å². The van der Waals surface area contributed by atoms with Crippen LogP contribution in [0.3, 0.4) is 0 Å². The Kier molecular flexibility index (Phi) is 3.51. The van der Waals surface area contributed by atoms with Crippen LogP contribution in [-0.2, 0) is 6.54 Å². The van der Waals surface area contributed by atoms with E-state index in [0.717, 1.165) is 25.5 Å². The minimum Gasteiger partial charge on any atom is -0.329 e. The van der Waals surface area contributed by atoms with E-state index in [1.54, 1.807) is 0 Å². The van der Waals surface area contributed by atoms with Gasteiger partial charge in [-0.1, -0.05) is 6.07 Å². The largest absolute Gasteiger partial charge is 0.329 e. The Hall–Kier alpha value is -1.00. The molecule has 4 heteroatoms. The molecule has 0 bridgehead atoms. The van der Waals surface area contributed by atoms with Crippen molar-refractivity contribution in [2.24, 2.45) is 5.73 Å². The fraction of sp³-hybridized carbons (Fsp3) is 0.500. The van der Waals surface area contributed by atoms with E-state index in [-0.39, 0.29) is 0 Å². The summed E-state index contributed by atoms with van der Waals surface area (Å²) in [4.78, 5) is 2.16. The number of nitrogens with two attached hydrogens (primary N) is 1. The molecule has 1 fully saturated rings. The summed E-state index contributed by atoms with van der Waals surface area (Å²) < 4.78 is 26.2. The number of rotatable bonds is 5. The molecular weight excluding hydrogens is 210 g/mol. The van der Waals surface area contributed by atoms with Crippen LogP contribution in [0.15, 0.2) is 18.2 Å². The molecule has 0 radical (unpaired) electrons. The molecular formula is C12H16F2N2. The smallest absolute Gasteiger partial charge is 0.130 e. The van der Waals surface area contributed by atoms with Crippen molar-refractivity contribution < 1.29 is 8.78 Å². The molecule has 1 saturated carbocycles. The van der Waals surface area contributed by atoms with Gasteiger partial charge in [-0.15, -0.1) is 0 Å². The Morgan fingerprint density at radius 2 is 2.06 bits per heavy atom. The lowest BCUT2D eigenvalue weighted by molar-refractivity contribution is 0.258. The lowest BCUT2D eigenvalue weighted by atomic mass is 10.2. The highest BCUT2D eigenvalue weighted by Gasteiger charge is 2.28. The van der Waals surface area contributed by atoms with Crippen molar-refractivity contribution in [2.75, 3.05) is 13.1 Å². The minimum absolute atomic E-state index is 0.470. The van der Waals surface area contributed by atoms with Gasteiger partial charge in [-0.3, -0.25) is 4.90 Å². The van der Waals surface area contributed by atoms with E-state index in [1.165, 1.54) is 12.1 Å². The highest BCUT2D eigenvalue weighted by atomic mass is 19.1. The molecule has 1 aliphatic rings. The molecule has 0 aromatic heterocycles. The van der Waals surface area contributed by atoms with E-state index in [2.05, 4.69) is 4.90 Å². The molecule has 0 spiro atoms. The third kappa shape index (κ3) is 2.77. The Morgan fingerprint density at radius 3 is 2.62 bits per heavy atom. The first-order valence-electron chi connectivity index (χ1n) is 5.58. The first kappa shape index (κ1) is 11.5. The van der Waals surface area contributed by atoms with Crippen LogP contribution < -0.4 is 5.73 Å². The number of benzene rings is 1. The lowest BCUT2D eigenvalue weighted by Crippen LogP contribution is -2.31. The molecule has 1 aromatic rings. The summed E-state index contributed by atoms with van der Waals surface area (Å²) in [5.41, 5.74) is 6.06. The summed E-state index contributed by atoms with van der Waals surface area (Å²) in [6, 6.07) is 4.28. The van der Waals surface area contributed by atoms with Crippen molar-refractivity contribution in [2.45, 2.75) is 25.4 Å². The molecule has 0 heterocycles. The molecule has 2 nitrogen and oxygen atoms in total. The zero-order valence-corrected chi connectivity index (χ0v) is 9.13. The van der Waals surface area contributed by atoms with Crippen LogP contribution in [0.1, 0.15) is 18.4 Å². The van der Waals surface area contributed by atoms with Crippen LogP contribution in [0.5, 0.6) is 0 Å². The molecule has 1 aromatic carbocycles. The molecule has 0 aliphatic heterocycles. The van der Waals surface area contributed by atoms with Crippen molar-refractivity contribution in [3.8, 4) is 0 Å². The standard InChI is InChI=1S/C12H16F2N2/c13-10-2-1-9(12(14)7-10)8-16(6-5-15)11-3-4-11/h1-2,7,11H,3-6,8,15H2. The third-order valence-electron chi connectivity index (χ3n) is 2.87. The quantitative estimate of drug-likeness (QED) is 0.830. The van der Waals surface area contributed by atoms with Crippen molar-refractivity contribution in [1.82, 2.24) is 4.90 Å². The summed E-state index contributed by atoms with van der Waals surface area (Å²) in [6.07, 6.45) is 2.31. The van der Waals surface area contributed by atoms with E-state index < -0.39 is 11.6 Å². The second-order valence-electron chi connectivity index (χ2n) is 4.23. The van der Waals surface area contributed by atoms with Crippen molar-refractivity contribution in [1.29, 1.82) is 0 Å². The van der Waals surface area contributed by atoms with Gasteiger partial charge in [0, 0.05) is 37.3 Å². The van der Waals surface area contributed by atoms with Crippen LogP contribution >= 0.6 is 0 Å². The van der Waals surface area contributed by atoms with Crippen molar-refractivity contribution in [3.63, 3.8) is 0 Å². The molecule has 0 amide bonds. The summed E-state index contributed by atoms with van der Waals surface area (Å²) in [7, 11) is 0. The SMILES string of the molecule is NCCN(Cc1ccc(F)cc1F)C1CC1. The molecule has 0 atom stereocenters. The van der Waals surface area contributed by atoms with Crippen LogP contribution in [0.25, 0.3) is 0 Å². The summed E-state index contributed by atoms with van der Waals surface area (Å²) >= 11 is 0. The minimum atomic E-state index is -0.530.